The molecule has 0 saturated heterocycles. The van der Waals surface area contributed by atoms with Crippen molar-refractivity contribution in [2.24, 2.45) is 23.7 Å². The van der Waals surface area contributed by atoms with Gasteiger partial charge in [0.1, 0.15) is 0 Å². The van der Waals surface area contributed by atoms with Gasteiger partial charge in [0.25, 0.3) is 0 Å². The number of carbonyl (C=O) groups is 2. The molecule has 3 fully saturated rings. The van der Waals surface area contributed by atoms with E-state index in [1.807, 2.05) is 0 Å². The van der Waals surface area contributed by atoms with Crippen LogP contribution in [0, 0.1) is 23.7 Å². The summed E-state index contributed by atoms with van der Waals surface area (Å²) in [5.74, 6) is -0.521. The first-order chi connectivity index (χ1) is 12.1. The molecule has 3 saturated carbocycles. The van der Waals surface area contributed by atoms with E-state index >= 15 is 0 Å². The van der Waals surface area contributed by atoms with Crippen LogP contribution in [0.1, 0.15) is 77.0 Å². The number of amides is 1. The van der Waals surface area contributed by atoms with E-state index in [1.165, 1.54) is 0 Å². The van der Waals surface area contributed by atoms with Gasteiger partial charge in [-0.15, -0.1) is 0 Å². The van der Waals surface area contributed by atoms with Crippen molar-refractivity contribution in [3.05, 3.63) is 0 Å². The summed E-state index contributed by atoms with van der Waals surface area (Å²) in [6, 6.07) is 0.0838. The van der Waals surface area contributed by atoms with Crippen molar-refractivity contribution in [2.75, 3.05) is 0 Å². The van der Waals surface area contributed by atoms with E-state index in [2.05, 4.69) is 5.32 Å². The fraction of sp³-hybridized carbons (Fsp3) is 0.900. The normalized spacial score (nSPS) is 39.6. The first-order valence-electron chi connectivity index (χ1n) is 10.3. The molecule has 3 N–H and O–H groups in total. The minimum Gasteiger partial charge on any atom is -0.481 e. The third kappa shape index (κ3) is 4.55. The molecular formula is C20H33NO4. The van der Waals surface area contributed by atoms with Crippen LogP contribution in [0.5, 0.6) is 0 Å². The highest BCUT2D eigenvalue weighted by atomic mass is 16.4. The summed E-state index contributed by atoms with van der Waals surface area (Å²) in [6.45, 7) is 0. The van der Waals surface area contributed by atoms with E-state index < -0.39 is 5.97 Å². The van der Waals surface area contributed by atoms with Gasteiger partial charge in [-0.05, 0) is 63.2 Å². The minimum atomic E-state index is -0.676. The molecule has 6 atom stereocenters. The molecule has 6 unspecified atom stereocenters. The lowest BCUT2D eigenvalue weighted by Gasteiger charge is -2.41. The number of nitrogens with one attached hydrogen (secondary N) is 1. The molecule has 5 heteroatoms. The van der Waals surface area contributed by atoms with Gasteiger partial charge in [0, 0.05) is 12.0 Å². The van der Waals surface area contributed by atoms with Gasteiger partial charge in [0.05, 0.1) is 12.0 Å². The molecule has 0 aromatic carbocycles. The van der Waals surface area contributed by atoms with Crippen LogP contribution in [0.25, 0.3) is 0 Å². The van der Waals surface area contributed by atoms with Gasteiger partial charge < -0.3 is 15.5 Å². The van der Waals surface area contributed by atoms with Gasteiger partial charge in [-0.25, -0.2) is 0 Å². The Morgan fingerprint density at radius 2 is 1.36 bits per heavy atom. The highest BCUT2D eigenvalue weighted by Gasteiger charge is 2.43. The van der Waals surface area contributed by atoms with Crippen LogP contribution in [0.3, 0.4) is 0 Å². The highest BCUT2D eigenvalue weighted by Crippen LogP contribution is 2.44. The number of rotatable bonds is 4. The SMILES string of the molecule is O=C(O)C1CCCCC1C1CCCCC1C(=O)NC1CCCC(O)C1. The van der Waals surface area contributed by atoms with Crippen molar-refractivity contribution in [1.82, 2.24) is 5.32 Å². The Kier molecular flexibility index (Phi) is 6.37. The maximum atomic E-state index is 13.0. The zero-order valence-corrected chi connectivity index (χ0v) is 15.2. The molecule has 1 amide bonds. The second kappa shape index (κ2) is 8.52. The lowest BCUT2D eigenvalue weighted by Crippen LogP contribution is -2.47. The van der Waals surface area contributed by atoms with Crippen LogP contribution in [-0.2, 0) is 9.59 Å². The molecular weight excluding hydrogens is 318 g/mol. The second-order valence-electron chi connectivity index (χ2n) is 8.47. The Morgan fingerprint density at radius 3 is 2.00 bits per heavy atom. The van der Waals surface area contributed by atoms with Crippen molar-refractivity contribution >= 4 is 11.9 Å². The molecule has 0 heterocycles. The zero-order chi connectivity index (χ0) is 17.8. The molecule has 142 valence electrons. The molecule has 0 radical (unpaired) electrons. The molecule has 3 aliphatic carbocycles. The third-order valence-electron chi connectivity index (χ3n) is 6.84. The van der Waals surface area contributed by atoms with Crippen LogP contribution in [0.4, 0.5) is 0 Å². The van der Waals surface area contributed by atoms with E-state index in [1.54, 1.807) is 0 Å². The molecule has 5 nitrogen and oxygen atoms in total. The quantitative estimate of drug-likeness (QED) is 0.726. The Hall–Kier alpha value is -1.10. The van der Waals surface area contributed by atoms with E-state index in [-0.39, 0.29) is 41.7 Å². The van der Waals surface area contributed by atoms with Gasteiger partial charge in [0.15, 0.2) is 0 Å². The van der Waals surface area contributed by atoms with Gasteiger partial charge in [0.2, 0.25) is 5.91 Å². The number of hydrogen-bond acceptors (Lipinski definition) is 3. The summed E-state index contributed by atoms with van der Waals surface area (Å²) in [6.07, 6.45) is 10.9. The average molecular weight is 351 g/mol. The topological polar surface area (TPSA) is 86.6 Å². The molecule has 25 heavy (non-hydrogen) atoms. The van der Waals surface area contributed by atoms with Gasteiger partial charge in [-0.3, -0.25) is 9.59 Å². The van der Waals surface area contributed by atoms with E-state index in [4.69, 9.17) is 0 Å². The van der Waals surface area contributed by atoms with Crippen LogP contribution in [0.2, 0.25) is 0 Å². The molecule has 0 aliphatic heterocycles. The maximum Gasteiger partial charge on any atom is 0.306 e. The Morgan fingerprint density at radius 1 is 0.760 bits per heavy atom. The number of hydrogen-bond donors (Lipinski definition) is 3. The molecule has 0 aromatic heterocycles. The summed E-state index contributed by atoms with van der Waals surface area (Å²) >= 11 is 0. The van der Waals surface area contributed by atoms with E-state index in [9.17, 15) is 19.8 Å². The van der Waals surface area contributed by atoms with E-state index in [0.717, 1.165) is 70.6 Å². The van der Waals surface area contributed by atoms with Crippen molar-refractivity contribution in [3.63, 3.8) is 0 Å². The van der Waals surface area contributed by atoms with Crippen molar-refractivity contribution in [2.45, 2.75) is 89.2 Å². The second-order valence-corrected chi connectivity index (χ2v) is 8.47. The summed E-state index contributed by atoms with van der Waals surface area (Å²) in [7, 11) is 0. The first kappa shape index (κ1) is 18.7. The number of carboxylic acid groups (broad SMARTS) is 1. The Labute approximate surface area is 150 Å². The zero-order valence-electron chi connectivity index (χ0n) is 15.2. The predicted molar refractivity (Wildman–Crippen MR) is 94.9 cm³/mol. The molecule has 0 bridgehead atoms. The molecule has 3 aliphatic rings. The number of aliphatic hydroxyl groups excluding tert-OH is 1. The maximum absolute atomic E-state index is 13.0. The molecule has 0 aromatic rings. The Balaban J connectivity index is 1.67. The van der Waals surface area contributed by atoms with Crippen LogP contribution in [-0.4, -0.2) is 34.2 Å². The highest BCUT2D eigenvalue weighted by molar-refractivity contribution is 5.79. The standard InChI is InChI=1S/C20H33NO4/c22-14-7-5-6-13(12-14)21-19(23)17-10-3-1-8-15(17)16-9-2-4-11-18(16)20(24)25/h13-18,22H,1-12H2,(H,21,23)(H,24,25). The smallest absolute Gasteiger partial charge is 0.306 e. The van der Waals surface area contributed by atoms with Crippen molar-refractivity contribution in [3.8, 4) is 0 Å². The lowest BCUT2D eigenvalue weighted by molar-refractivity contribution is -0.148. The van der Waals surface area contributed by atoms with Crippen molar-refractivity contribution < 1.29 is 19.8 Å². The van der Waals surface area contributed by atoms with E-state index in [0.29, 0.717) is 6.42 Å². The largest absolute Gasteiger partial charge is 0.481 e. The number of aliphatic hydroxyl groups is 1. The molecule has 0 spiro atoms. The number of aliphatic carboxylic acids is 1. The average Bonchev–Trinajstić information content (AvgIpc) is 2.61. The summed E-state index contributed by atoms with van der Waals surface area (Å²) in [5.41, 5.74) is 0. The third-order valence-corrected chi connectivity index (χ3v) is 6.84. The van der Waals surface area contributed by atoms with Gasteiger partial charge >= 0.3 is 5.97 Å². The van der Waals surface area contributed by atoms with Gasteiger partial charge in [-0.2, -0.15) is 0 Å². The molecule has 3 rings (SSSR count). The van der Waals surface area contributed by atoms with Crippen molar-refractivity contribution in [1.29, 1.82) is 0 Å². The minimum absolute atomic E-state index is 0.0437. The summed E-state index contributed by atoms with van der Waals surface area (Å²) in [5, 5.41) is 22.6. The van der Waals surface area contributed by atoms with Crippen LogP contribution < -0.4 is 5.32 Å². The fourth-order valence-corrected chi connectivity index (χ4v) is 5.58. The number of carbonyl (C=O) groups excluding carboxylic acids is 1. The predicted octanol–water partition coefficient (Wildman–Crippen LogP) is 3.10. The van der Waals surface area contributed by atoms with Gasteiger partial charge in [-0.1, -0.05) is 25.7 Å². The number of carboxylic acids is 1. The summed E-state index contributed by atoms with van der Waals surface area (Å²) < 4.78 is 0. The first-order valence-corrected chi connectivity index (χ1v) is 10.3. The lowest BCUT2D eigenvalue weighted by atomic mass is 9.63. The van der Waals surface area contributed by atoms with Crippen LogP contribution in [0.15, 0.2) is 0 Å². The fourth-order valence-electron chi connectivity index (χ4n) is 5.58. The van der Waals surface area contributed by atoms with Crippen LogP contribution >= 0.6 is 0 Å². The monoisotopic (exact) mass is 351 g/mol. The Bertz CT molecular complexity index is 480. The summed E-state index contributed by atoms with van der Waals surface area (Å²) in [4.78, 5) is 24.7.